The highest BCUT2D eigenvalue weighted by Crippen LogP contribution is 2.15. The molecule has 0 unspecified atom stereocenters. The molecule has 2 N–H and O–H groups in total. The lowest BCUT2D eigenvalue weighted by molar-refractivity contribution is -0.136. The van der Waals surface area contributed by atoms with Crippen molar-refractivity contribution >= 4 is 23.2 Å². The number of benzene rings is 2. The fourth-order valence-electron chi connectivity index (χ4n) is 3.69. The minimum Gasteiger partial charge on any atom is -0.369 e. The SMILES string of the molecule is Cc1cc(C)cc(NC(=O)C(=O)NCCCN2CCN(c3ccccc3)CC2)c1. The summed E-state index contributed by atoms with van der Waals surface area (Å²) in [6, 6.07) is 16.2. The molecule has 0 radical (unpaired) electrons. The Morgan fingerprint density at radius 3 is 2.21 bits per heavy atom. The summed E-state index contributed by atoms with van der Waals surface area (Å²) in [5, 5.41) is 5.39. The highest BCUT2D eigenvalue weighted by Gasteiger charge is 2.17. The standard InChI is InChI=1S/C23H30N4O2/c1-18-15-19(2)17-20(16-18)25-23(29)22(28)24-9-6-10-26-11-13-27(14-12-26)21-7-4-3-5-8-21/h3-5,7-8,15-17H,6,9-14H2,1-2H3,(H,24,28)(H,25,29). The number of nitrogens with zero attached hydrogens (tertiary/aromatic N) is 2. The van der Waals surface area contributed by atoms with Gasteiger partial charge in [0, 0.05) is 44.1 Å². The molecule has 0 aliphatic carbocycles. The number of carbonyl (C=O) groups excluding carboxylic acids is 2. The third-order valence-corrected chi connectivity index (χ3v) is 5.12. The number of para-hydroxylation sites is 1. The van der Waals surface area contributed by atoms with E-state index in [2.05, 4.69) is 44.7 Å². The van der Waals surface area contributed by atoms with Crippen LogP contribution in [0.15, 0.2) is 48.5 Å². The summed E-state index contributed by atoms with van der Waals surface area (Å²) >= 11 is 0. The van der Waals surface area contributed by atoms with Gasteiger partial charge in [-0.25, -0.2) is 0 Å². The number of hydrogen-bond donors (Lipinski definition) is 2. The van der Waals surface area contributed by atoms with Gasteiger partial charge in [-0.3, -0.25) is 14.5 Å². The Kier molecular flexibility index (Phi) is 7.25. The second-order valence-electron chi connectivity index (χ2n) is 7.60. The molecular weight excluding hydrogens is 364 g/mol. The van der Waals surface area contributed by atoms with E-state index in [9.17, 15) is 9.59 Å². The molecule has 1 aliphatic heterocycles. The molecule has 0 spiro atoms. The number of piperazine rings is 1. The van der Waals surface area contributed by atoms with Crippen molar-refractivity contribution in [3.8, 4) is 0 Å². The molecule has 0 aromatic heterocycles. The van der Waals surface area contributed by atoms with Crippen molar-refractivity contribution < 1.29 is 9.59 Å². The van der Waals surface area contributed by atoms with Crippen molar-refractivity contribution in [2.24, 2.45) is 0 Å². The third-order valence-electron chi connectivity index (χ3n) is 5.12. The first kappa shape index (κ1) is 20.9. The average molecular weight is 395 g/mol. The first-order valence-corrected chi connectivity index (χ1v) is 10.2. The van der Waals surface area contributed by atoms with Gasteiger partial charge in [-0.1, -0.05) is 24.3 Å². The second kappa shape index (κ2) is 10.1. The summed E-state index contributed by atoms with van der Waals surface area (Å²) in [6.45, 7) is 9.37. The van der Waals surface area contributed by atoms with Crippen molar-refractivity contribution in [1.82, 2.24) is 10.2 Å². The van der Waals surface area contributed by atoms with E-state index in [4.69, 9.17) is 0 Å². The first-order valence-electron chi connectivity index (χ1n) is 10.2. The number of amides is 2. The zero-order chi connectivity index (χ0) is 20.6. The molecule has 2 aromatic carbocycles. The minimum absolute atomic E-state index is 0.498. The second-order valence-corrected chi connectivity index (χ2v) is 7.60. The van der Waals surface area contributed by atoms with Crippen LogP contribution in [0.5, 0.6) is 0 Å². The maximum Gasteiger partial charge on any atom is 0.313 e. The van der Waals surface area contributed by atoms with Crippen LogP contribution >= 0.6 is 0 Å². The normalized spacial score (nSPS) is 14.5. The van der Waals surface area contributed by atoms with E-state index in [0.717, 1.165) is 50.3 Å². The van der Waals surface area contributed by atoms with Gasteiger partial charge in [0.2, 0.25) is 0 Å². The maximum absolute atomic E-state index is 12.1. The van der Waals surface area contributed by atoms with Crippen molar-refractivity contribution in [2.75, 3.05) is 49.5 Å². The summed E-state index contributed by atoms with van der Waals surface area (Å²) in [5.74, 6) is -1.20. The van der Waals surface area contributed by atoms with Gasteiger partial charge in [0.1, 0.15) is 0 Å². The van der Waals surface area contributed by atoms with Crippen molar-refractivity contribution in [3.05, 3.63) is 59.7 Å². The van der Waals surface area contributed by atoms with Crippen LogP contribution in [-0.4, -0.2) is 56.0 Å². The third kappa shape index (κ3) is 6.32. The van der Waals surface area contributed by atoms with E-state index in [1.807, 2.05) is 38.1 Å². The van der Waals surface area contributed by atoms with Gasteiger partial charge < -0.3 is 15.5 Å². The van der Waals surface area contributed by atoms with Crippen LogP contribution < -0.4 is 15.5 Å². The Labute approximate surface area is 172 Å². The van der Waals surface area contributed by atoms with E-state index < -0.39 is 11.8 Å². The largest absolute Gasteiger partial charge is 0.369 e. The molecule has 2 aromatic rings. The lowest BCUT2D eigenvalue weighted by Gasteiger charge is -2.36. The summed E-state index contributed by atoms with van der Waals surface area (Å²) in [4.78, 5) is 28.9. The van der Waals surface area contributed by atoms with E-state index in [-0.39, 0.29) is 0 Å². The quantitative estimate of drug-likeness (QED) is 0.584. The van der Waals surface area contributed by atoms with Gasteiger partial charge >= 0.3 is 11.8 Å². The molecule has 6 nitrogen and oxygen atoms in total. The van der Waals surface area contributed by atoms with Gasteiger partial charge in [0.15, 0.2) is 0 Å². The first-order chi connectivity index (χ1) is 14.0. The van der Waals surface area contributed by atoms with Crippen LogP contribution in [0, 0.1) is 13.8 Å². The number of nitrogens with one attached hydrogen (secondary N) is 2. The fourth-order valence-corrected chi connectivity index (χ4v) is 3.69. The van der Waals surface area contributed by atoms with Gasteiger partial charge in [0.05, 0.1) is 0 Å². The molecule has 3 rings (SSSR count). The van der Waals surface area contributed by atoms with Gasteiger partial charge in [0.25, 0.3) is 0 Å². The molecule has 29 heavy (non-hydrogen) atoms. The molecule has 1 saturated heterocycles. The smallest absolute Gasteiger partial charge is 0.313 e. The maximum atomic E-state index is 12.1. The summed E-state index contributed by atoms with van der Waals surface area (Å²) < 4.78 is 0. The fraction of sp³-hybridized carbons (Fsp3) is 0.391. The van der Waals surface area contributed by atoms with Crippen LogP contribution in [0.25, 0.3) is 0 Å². The Balaban J connectivity index is 1.33. The van der Waals surface area contributed by atoms with E-state index in [0.29, 0.717) is 12.2 Å². The van der Waals surface area contributed by atoms with Crippen LogP contribution in [0.2, 0.25) is 0 Å². The Morgan fingerprint density at radius 2 is 1.55 bits per heavy atom. The van der Waals surface area contributed by atoms with Gasteiger partial charge in [-0.15, -0.1) is 0 Å². The molecular formula is C23H30N4O2. The highest BCUT2D eigenvalue weighted by molar-refractivity contribution is 6.39. The predicted octanol–water partition coefficient (Wildman–Crippen LogP) is 2.57. The molecule has 1 fully saturated rings. The molecule has 0 atom stereocenters. The van der Waals surface area contributed by atoms with Crippen molar-refractivity contribution in [1.29, 1.82) is 0 Å². The number of anilines is 2. The van der Waals surface area contributed by atoms with Gasteiger partial charge in [-0.2, -0.15) is 0 Å². The molecule has 2 amide bonds. The Morgan fingerprint density at radius 1 is 0.897 bits per heavy atom. The van der Waals surface area contributed by atoms with E-state index >= 15 is 0 Å². The summed E-state index contributed by atoms with van der Waals surface area (Å²) in [6.07, 6.45) is 0.827. The summed E-state index contributed by atoms with van der Waals surface area (Å²) in [5.41, 5.74) is 4.02. The van der Waals surface area contributed by atoms with Crippen LogP contribution in [-0.2, 0) is 9.59 Å². The highest BCUT2D eigenvalue weighted by atomic mass is 16.2. The van der Waals surface area contributed by atoms with Crippen LogP contribution in [0.4, 0.5) is 11.4 Å². The van der Waals surface area contributed by atoms with Gasteiger partial charge in [-0.05, 0) is 62.2 Å². The Bertz CT molecular complexity index is 810. The monoisotopic (exact) mass is 394 g/mol. The number of rotatable bonds is 6. The molecule has 1 aliphatic rings. The number of aryl methyl sites for hydroxylation is 2. The lowest BCUT2D eigenvalue weighted by atomic mass is 10.1. The predicted molar refractivity (Wildman–Crippen MR) is 117 cm³/mol. The topological polar surface area (TPSA) is 64.7 Å². The van der Waals surface area contributed by atoms with Crippen molar-refractivity contribution in [3.63, 3.8) is 0 Å². The molecule has 154 valence electrons. The molecule has 1 heterocycles. The minimum atomic E-state index is -0.619. The zero-order valence-corrected chi connectivity index (χ0v) is 17.3. The van der Waals surface area contributed by atoms with E-state index in [1.165, 1.54) is 5.69 Å². The summed E-state index contributed by atoms with van der Waals surface area (Å²) in [7, 11) is 0. The lowest BCUT2D eigenvalue weighted by Crippen LogP contribution is -2.47. The average Bonchev–Trinajstić information content (AvgIpc) is 2.71. The van der Waals surface area contributed by atoms with Crippen molar-refractivity contribution in [2.45, 2.75) is 20.3 Å². The molecule has 0 saturated carbocycles. The number of hydrogen-bond acceptors (Lipinski definition) is 4. The zero-order valence-electron chi connectivity index (χ0n) is 17.3. The number of carbonyl (C=O) groups is 2. The van der Waals surface area contributed by atoms with E-state index in [1.54, 1.807) is 0 Å². The van der Waals surface area contributed by atoms with Crippen LogP contribution in [0.3, 0.4) is 0 Å². The molecule has 6 heteroatoms. The Hall–Kier alpha value is -2.86. The molecule has 0 bridgehead atoms. The van der Waals surface area contributed by atoms with Crippen LogP contribution in [0.1, 0.15) is 17.5 Å².